The number of hydrogen-bond acceptors (Lipinski definition) is 3. The molecule has 0 heterocycles. The van der Waals surface area contributed by atoms with Crippen LogP contribution in [0, 0.1) is 13.8 Å². The molecule has 98 valence electrons. The van der Waals surface area contributed by atoms with E-state index >= 15 is 0 Å². The SMILES string of the molecule is CCC(NC(=O)c1c(C)cccc1C)/C(N)=N/O. The molecule has 0 radical (unpaired) electrons. The molecule has 0 fully saturated rings. The third kappa shape index (κ3) is 3.00. The lowest BCUT2D eigenvalue weighted by molar-refractivity contribution is 0.0944. The monoisotopic (exact) mass is 249 g/mol. The molecule has 4 N–H and O–H groups in total. The molecule has 0 saturated heterocycles. The first kappa shape index (κ1) is 14.0. The maximum atomic E-state index is 12.2. The lowest BCUT2D eigenvalue weighted by Gasteiger charge is -2.17. The van der Waals surface area contributed by atoms with Crippen LogP contribution in [0.25, 0.3) is 0 Å². The van der Waals surface area contributed by atoms with Gasteiger partial charge in [0.05, 0.1) is 6.04 Å². The molecular weight excluding hydrogens is 230 g/mol. The van der Waals surface area contributed by atoms with Crippen molar-refractivity contribution in [2.24, 2.45) is 10.9 Å². The molecule has 1 aromatic carbocycles. The summed E-state index contributed by atoms with van der Waals surface area (Å²) in [5.41, 5.74) is 7.96. The number of amidine groups is 1. The van der Waals surface area contributed by atoms with E-state index in [1.807, 2.05) is 39.0 Å². The lowest BCUT2D eigenvalue weighted by atomic mass is 10.0. The van der Waals surface area contributed by atoms with E-state index in [9.17, 15) is 4.79 Å². The van der Waals surface area contributed by atoms with Crippen molar-refractivity contribution in [3.8, 4) is 0 Å². The van der Waals surface area contributed by atoms with E-state index in [1.165, 1.54) is 0 Å². The smallest absolute Gasteiger partial charge is 0.252 e. The number of nitrogens with two attached hydrogens (primary N) is 1. The number of carbonyl (C=O) groups is 1. The summed E-state index contributed by atoms with van der Waals surface area (Å²) < 4.78 is 0. The highest BCUT2D eigenvalue weighted by atomic mass is 16.4. The summed E-state index contributed by atoms with van der Waals surface area (Å²) in [6, 6.07) is 5.21. The Morgan fingerprint density at radius 3 is 2.44 bits per heavy atom. The summed E-state index contributed by atoms with van der Waals surface area (Å²) in [5, 5.41) is 14.3. The minimum atomic E-state index is -0.457. The zero-order valence-electron chi connectivity index (χ0n) is 10.9. The van der Waals surface area contributed by atoms with Crippen LogP contribution in [0.2, 0.25) is 0 Å². The number of nitrogens with zero attached hydrogens (tertiary/aromatic N) is 1. The summed E-state index contributed by atoms with van der Waals surface area (Å²) >= 11 is 0. The summed E-state index contributed by atoms with van der Waals surface area (Å²) in [4.78, 5) is 12.2. The molecule has 0 aliphatic rings. The van der Waals surface area contributed by atoms with Crippen molar-refractivity contribution < 1.29 is 10.0 Å². The van der Waals surface area contributed by atoms with Crippen LogP contribution in [0.1, 0.15) is 34.8 Å². The summed E-state index contributed by atoms with van der Waals surface area (Å²) in [6.45, 7) is 5.62. The average molecular weight is 249 g/mol. The number of rotatable bonds is 4. The average Bonchev–Trinajstić information content (AvgIpc) is 2.34. The second kappa shape index (κ2) is 6.05. The van der Waals surface area contributed by atoms with Crippen molar-refractivity contribution >= 4 is 11.7 Å². The molecule has 5 nitrogen and oxygen atoms in total. The van der Waals surface area contributed by atoms with E-state index in [-0.39, 0.29) is 11.7 Å². The molecule has 0 aliphatic carbocycles. The quantitative estimate of drug-likeness (QED) is 0.327. The fourth-order valence-electron chi connectivity index (χ4n) is 1.86. The van der Waals surface area contributed by atoms with E-state index in [0.717, 1.165) is 11.1 Å². The van der Waals surface area contributed by atoms with Crippen molar-refractivity contribution in [1.29, 1.82) is 0 Å². The van der Waals surface area contributed by atoms with Crippen LogP contribution in [-0.4, -0.2) is 23.0 Å². The van der Waals surface area contributed by atoms with Gasteiger partial charge in [0.2, 0.25) is 0 Å². The summed E-state index contributed by atoms with van der Waals surface area (Å²) in [7, 11) is 0. The van der Waals surface area contributed by atoms with E-state index in [4.69, 9.17) is 10.9 Å². The minimum absolute atomic E-state index is 0.0112. The Morgan fingerprint density at radius 2 is 2.00 bits per heavy atom. The topological polar surface area (TPSA) is 87.7 Å². The van der Waals surface area contributed by atoms with E-state index < -0.39 is 6.04 Å². The second-order valence-corrected chi connectivity index (χ2v) is 4.23. The zero-order chi connectivity index (χ0) is 13.7. The Morgan fingerprint density at radius 1 is 1.44 bits per heavy atom. The first-order valence-electron chi connectivity index (χ1n) is 5.85. The third-order valence-corrected chi connectivity index (χ3v) is 2.89. The van der Waals surface area contributed by atoms with Gasteiger partial charge in [0.1, 0.15) is 0 Å². The highest BCUT2D eigenvalue weighted by Crippen LogP contribution is 2.13. The van der Waals surface area contributed by atoms with Crippen LogP contribution < -0.4 is 11.1 Å². The Balaban J connectivity index is 2.95. The standard InChI is InChI=1S/C13H19N3O2/c1-4-10(12(14)16-18)15-13(17)11-8(2)6-5-7-9(11)3/h5-7,10,18H,4H2,1-3H3,(H2,14,16)(H,15,17). The normalized spacial score (nSPS) is 13.2. The van der Waals surface area contributed by atoms with E-state index in [2.05, 4.69) is 10.5 Å². The molecule has 1 atom stereocenters. The molecule has 1 unspecified atom stereocenters. The van der Waals surface area contributed by atoms with Gasteiger partial charge in [-0.15, -0.1) is 0 Å². The molecule has 0 aliphatic heterocycles. The van der Waals surface area contributed by atoms with Gasteiger partial charge in [0, 0.05) is 5.56 Å². The Bertz CT molecular complexity index is 449. The molecular formula is C13H19N3O2. The number of nitrogens with one attached hydrogen (secondary N) is 1. The molecule has 0 spiro atoms. The van der Waals surface area contributed by atoms with Crippen LogP contribution in [0.3, 0.4) is 0 Å². The number of amides is 1. The van der Waals surface area contributed by atoms with Gasteiger partial charge in [-0.25, -0.2) is 0 Å². The predicted molar refractivity (Wildman–Crippen MR) is 70.9 cm³/mol. The van der Waals surface area contributed by atoms with Crippen molar-refractivity contribution in [3.63, 3.8) is 0 Å². The van der Waals surface area contributed by atoms with E-state index in [1.54, 1.807) is 0 Å². The number of carbonyl (C=O) groups excluding carboxylic acids is 1. The molecule has 1 rings (SSSR count). The zero-order valence-corrected chi connectivity index (χ0v) is 10.9. The van der Waals surface area contributed by atoms with Gasteiger partial charge in [0.25, 0.3) is 5.91 Å². The maximum absolute atomic E-state index is 12.2. The van der Waals surface area contributed by atoms with Gasteiger partial charge >= 0.3 is 0 Å². The van der Waals surface area contributed by atoms with Gasteiger partial charge in [-0.05, 0) is 31.4 Å². The fraction of sp³-hybridized carbons (Fsp3) is 0.385. The summed E-state index contributed by atoms with van der Waals surface area (Å²) in [6.07, 6.45) is 0.562. The van der Waals surface area contributed by atoms with Crippen molar-refractivity contribution in [2.75, 3.05) is 0 Å². The Labute approximate surface area is 107 Å². The van der Waals surface area contributed by atoms with Crippen molar-refractivity contribution in [3.05, 3.63) is 34.9 Å². The largest absolute Gasteiger partial charge is 0.409 e. The molecule has 0 bridgehead atoms. The summed E-state index contributed by atoms with van der Waals surface area (Å²) in [5.74, 6) is -0.193. The van der Waals surface area contributed by atoms with Crippen LogP contribution >= 0.6 is 0 Å². The van der Waals surface area contributed by atoms with E-state index in [0.29, 0.717) is 12.0 Å². The maximum Gasteiger partial charge on any atom is 0.252 e. The molecule has 0 saturated carbocycles. The molecule has 18 heavy (non-hydrogen) atoms. The van der Waals surface area contributed by atoms with Gasteiger partial charge in [-0.3, -0.25) is 4.79 Å². The second-order valence-electron chi connectivity index (χ2n) is 4.23. The molecule has 0 aromatic heterocycles. The van der Waals surface area contributed by atoms with Crippen molar-refractivity contribution in [1.82, 2.24) is 5.32 Å². The Kier molecular flexibility index (Phi) is 4.71. The highest BCUT2D eigenvalue weighted by Gasteiger charge is 2.18. The fourth-order valence-corrected chi connectivity index (χ4v) is 1.86. The van der Waals surface area contributed by atoms with Gasteiger partial charge in [0.15, 0.2) is 5.84 Å². The number of benzene rings is 1. The minimum Gasteiger partial charge on any atom is -0.409 e. The highest BCUT2D eigenvalue weighted by molar-refractivity contribution is 6.00. The number of aryl methyl sites for hydroxylation is 2. The number of hydrogen-bond donors (Lipinski definition) is 3. The lowest BCUT2D eigenvalue weighted by Crippen LogP contribution is -2.44. The molecule has 5 heteroatoms. The third-order valence-electron chi connectivity index (χ3n) is 2.89. The first-order chi connectivity index (χ1) is 8.51. The van der Waals surface area contributed by atoms with Gasteiger partial charge in [-0.2, -0.15) is 0 Å². The van der Waals surface area contributed by atoms with Gasteiger partial charge < -0.3 is 16.3 Å². The predicted octanol–water partition coefficient (Wildman–Crippen LogP) is 1.56. The van der Waals surface area contributed by atoms with Crippen molar-refractivity contribution in [2.45, 2.75) is 33.2 Å². The molecule has 1 aromatic rings. The Hall–Kier alpha value is -2.04. The van der Waals surface area contributed by atoms with Crippen LogP contribution in [-0.2, 0) is 0 Å². The number of oxime groups is 1. The van der Waals surface area contributed by atoms with Crippen LogP contribution in [0.5, 0.6) is 0 Å². The molecule has 1 amide bonds. The van der Waals surface area contributed by atoms with Crippen LogP contribution in [0.4, 0.5) is 0 Å². The first-order valence-corrected chi connectivity index (χ1v) is 5.85. The van der Waals surface area contributed by atoms with Gasteiger partial charge in [-0.1, -0.05) is 30.3 Å². The van der Waals surface area contributed by atoms with Crippen LogP contribution in [0.15, 0.2) is 23.4 Å².